The Balaban J connectivity index is 1.82. The number of benzene rings is 2. The standard InChI is InChI=1S/C21H22N2O3/c1-2-19(24)23-13-11-16(12-14-23)26-18-10-6-9-17(20(18)21(22)25)15-7-4-3-5-8-15/h2-10,16H,1,11-14H2,(H2,22,25). The van der Waals surface area contributed by atoms with Crippen molar-refractivity contribution in [1.29, 1.82) is 0 Å². The molecule has 2 aromatic rings. The van der Waals surface area contributed by atoms with Crippen LogP contribution in [0.25, 0.3) is 11.1 Å². The van der Waals surface area contributed by atoms with Gasteiger partial charge in [-0.15, -0.1) is 0 Å². The van der Waals surface area contributed by atoms with Crippen molar-refractivity contribution in [3.63, 3.8) is 0 Å². The fourth-order valence-electron chi connectivity index (χ4n) is 3.24. The number of carbonyl (C=O) groups is 2. The van der Waals surface area contributed by atoms with Crippen molar-refractivity contribution in [3.05, 3.63) is 66.7 Å². The van der Waals surface area contributed by atoms with Gasteiger partial charge in [0.25, 0.3) is 5.91 Å². The number of nitrogens with two attached hydrogens (primary N) is 1. The minimum absolute atomic E-state index is 0.0620. The SMILES string of the molecule is C=CC(=O)N1CCC(Oc2cccc(-c3ccccc3)c2C(N)=O)CC1. The lowest BCUT2D eigenvalue weighted by atomic mass is 9.98. The van der Waals surface area contributed by atoms with E-state index in [1.807, 2.05) is 42.5 Å². The summed E-state index contributed by atoms with van der Waals surface area (Å²) in [5.74, 6) is -0.0848. The summed E-state index contributed by atoms with van der Waals surface area (Å²) >= 11 is 0. The lowest BCUT2D eigenvalue weighted by molar-refractivity contribution is -0.127. The normalized spacial score (nSPS) is 14.7. The molecule has 2 amide bonds. The van der Waals surface area contributed by atoms with Crippen molar-refractivity contribution in [2.24, 2.45) is 5.73 Å². The molecule has 0 radical (unpaired) electrons. The predicted molar refractivity (Wildman–Crippen MR) is 101 cm³/mol. The van der Waals surface area contributed by atoms with Crippen molar-refractivity contribution >= 4 is 11.8 Å². The second-order valence-corrected chi connectivity index (χ2v) is 6.26. The van der Waals surface area contributed by atoms with Crippen LogP contribution in [-0.2, 0) is 4.79 Å². The molecule has 1 fully saturated rings. The summed E-state index contributed by atoms with van der Waals surface area (Å²) in [5.41, 5.74) is 7.72. The smallest absolute Gasteiger partial charge is 0.253 e. The van der Waals surface area contributed by atoms with Crippen molar-refractivity contribution < 1.29 is 14.3 Å². The molecule has 0 bridgehead atoms. The van der Waals surface area contributed by atoms with E-state index in [4.69, 9.17) is 10.5 Å². The number of nitrogens with zero attached hydrogens (tertiary/aromatic N) is 1. The van der Waals surface area contributed by atoms with Gasteiger partial charge in [0.15, 0.2) is 0 Å². The molecule has 5 nitrogen and oxygen atoms in total. The number of piperidine rings is 1. The average Bonchev–Trinajstić information content (AvgIpc) is 2.68. The van der Waals surface area contributed by atoms with Gasteiger partial charge in [0.1, 0.15) is 11.9 Å². The molecular formula is C21H22N2O3. The summed E-state index contributed by atoms with van der Waals surface area (Å²) in [5, 5.41) is 0. The van der Waals surface area contributed by atoms with Crippen LogP contribution in [-0.4, -0.2) is 35.9 Å². The molecule has 0 saturated carbocycles. The Labute approximate surface area is 153 Å². The maximum absolute atomic E-state index is 12.1. The van der Waals surface area contributed by atoms with Gasteiger partial charge in [-0.25, -0.2) is 0 Å². The van der Waals surface area contributed by atoms with Crippen molar-refractivity contribution in [1.82, 2.24) is 4.90 Å². The third-order valence-electron chi connectivity index (χ3n) is 4.58. The first kappa shape index (κ1) is 17.7. The van der Waals surface area contributed by atoms with Gasteiger partial charge in [-0.3, -0.25) is 9.59 Å². The van der Waals surface area contributed by atoms with Crippen LogP contribution >= 0.6 is 0 Å². The van der Waals surface area contributed by atoms with E-state index in [0.29, 0.717) is 37.2 Å². The number of amides is 2. The largest absolute Gasteiger partial charge is 0.489 e. The molecule has 1 saturated heterocycles. The van der Waals surface area contributed by atoms with E-state index in [2.05, 4.69) is 6.58 Å². The van der Waals surface area contributed by atoms with Crippen LogP contribution in [0.2, 0.25) is 0 Å². The third kappa shape index (κ3) is 3.77. The first-order valence-electron chi connectivity index (χ1n) is 8.66. The minimum Gasteiger partial charge on any atom is -0.489 e. The number of ether oxygens (including phenoxy) is 1. The fraction of sp³-hybridized carbons (Fsp3) is 0.238. The van der Waals surface area contributed by atoms with Crippen LogP contribution in [0.15, 0.2) is 61.2 Å². The lowest BCUT2D eigenvalue weighted by Crippen LogP contribution is -2.41. The minimum atomic E-state index is -0.515. The zero-order chi connectivity index (χ0) is 18.5. The van der Waals surface area contributed by atoms with Crippen molar-refractivity contribution in [2.75, 3.05) is 13.1 Å². The third-order valence-corrected chi connectivity index (χ3v) is 4.58. The Bertz CT molecular complexity index is 809. The quantitative estimate of drug-likeness (QED) is 0.843. The zero-order valence-corrected chi connectivity index (χ0v) is 14.6. The van der Waals surface area contributed by atoms with E-state index in [1.54, 1.807) is 11.0 Å². The Morgan fingerprint density at radius 3 is 2.38 bits per heavy atom. The number of primary amides is 1. The highest BCUT2D eigenvalue weighted by molar-refractivity contribution is 6.02. The number of likely N-dealkylation sites (tertiary alicyclic amines) is 1. The topological polar surface area (TPSA) is 72.6 Å². The number of rotatable bonds is 5. The first-order valence-corrected chi connectivity index (χ1v) is 8.66. The summed E-state index contributed by atoms with van der Waals surface area (Å²) in [6, 6.07) is 15.1. The highest BCUT2D eigenvalue weighted by atomic mass is 16.5. The molecule has 0 unspecified atom stereocenters. The van der Waals surface area contributed by atoms with Crippen molar-refractivity contribution in [2.45, 2.75) is 18.9 Å². The Kier molecular flexibility index (Phi) is 5.37. The maximum atomic E-state index is 12.1. The molecule has 2 aromatic carbocycles. The summed E-state index contributed by atoms with van der Waals surface area (Å²) in [4.78, 5) is 25.6. The van der Waals surface area contributed by atoms with Crippen LogP contribution in [0, 0.1) is 0 Å². The maximum Gasteiger partial charge on any atom is 0.253 e. The predicted octanol–water partition coefficient (Wildman–Crippen LogP) is 3.01. The second kappa shape index (κ2) is 7.87. The number of carbonyl (C=O) groups excluding carboxylic acids is 2. The van der Waals surface area contributed by atoms with Crippen LogP contribution in [0.3, 0.4) is 0 Å². The van der Waals surface area contributed by atoms with Gasteiger partial charge >= 0.3 is 0 Å². The molecule has 0 aromatic heterocycles. The van der Waals surface area contributed by atoms with Gasteiger partial charge in [-0.2, -0.15) is 0 Å². The average molecular weight is 350 g/mol. The summed E-state index contributed by atoms with van der Waals surface area (Å²) in [7, 11) is 0. The molecule has 0 aliphatic carbocycles. The highest BCUT2D eigenvalue weighted by Gasteiger charge is 2.25. The monoisotopic (exact) mass is 350 g/mol. The van der Waals surface area contributed by atoms with Gasteiger partial charge < -0.3 is 15.4 Å². The molecule has 26 heavy (non-hydrogen) atoms. The van der Waals surface area contributed by atoms with Gasteiger partial charge in [0, 0.05) is 25.9 Å². The second-order valence-electron chi connectivity index (χ2n) is 6.26. The molecule has 1 heterocycles. The summed E-state index contributed by atoms with van der Waals surface area (Å²) in [6.07, 6.45) is 2.67. The Morgan fingerprint density at radius 1 is 1.08 bits per heavy atom. The molecule has 3 rings (SSSR count). The van der Waals surface area contributed by atoms with Crippen LogP contribution < -0.4 is 10.5 Å². The Morgan fingerprint density at radius 2 is 1.77 bits per heavy atom. The summed E-state index contributed by atoms with van der Waals surface area (Å²) in [6.45, 7) is 4.74. The molecule has 0 spiro atoms. The molecule has 1 aliphatic heterocycles. The molecule has 1 aliphatic rings. The van der Waals surface area contributed by atoms with E-state index in [-0.39, 0.29) is 12.0 Å². The van der Waals surface area contributed by atoms with Gasteiger partial charge in [-0.05, 0) is 23.3 Å². The molecule has 134 valence electrons. The van der Waals surface area contributed by atoms with Gasteiger partial charge in [0.2, 0.25) is 5.91 Å². The van der Waals surface area contributed by atoms with Crippen LogP contribution in [0.1, 0.15) is 23.2 Å². The van der Waals surface area contributed by atoms with E-state index in [1.165, 1.54) is 6.08 Å². The van der Waals surface area contributed by atoms with Crippen molar-refractivity contribution in [3.8, 4) is 16.9 Å². The van der Waals surface area contributed by atoms with Gasteiger partial charge in [-0.1, -0.05) is 49.0 Å². The van der Waals surface area contributed by atoms with E-state index < -0.39 is 5.91 Å². The number of hydrogen-bond acceptors (Lipinski definition) is 3. The summed E-state index contributed by atoms with van der Waals surface area (Å²) < 4.78 is 6.11. The highest BCUT2D eigenvalue weighted by Crippen LogP contribution is 2.32. The molecule has 5 heteroatoms. The van der Waals surface area contributed by atoms with Crippen LogP contribution in [0.5, 0.6) is 5.75 Å². The number of hydrogen-bond donors (Lipinski definition) is 1. The molecular weight excluding hydrogens is 328 g/mol. The van der Waals surface area contributed by atoms with E-state index in [0.717, 1.165) is 11.1 Å². The van der Waals surface area contributed by atoms with Crippen LogP contribution in [0.4, 0.5) is 0 Å². The first-order chi connectivity index (χ1) is 12.6. The van der Waals surface area contributed by atoms with E-state index >= 15 is 0 Å². The molecule has 2 N–H and O–H groups in total. The molecule has 0 atom stereocenters. The lowest BCUT2D eigenvalue weighted by Gasteiger charge is -2.32. The fourth-order valence-corrected chi connectivity index (χ4v) is 3.24. The zero-order valence-electron chi connectivity index (χ0n) is 14.6. The van der Waals surface area contributed by atoms with E-state index in [9.17, 15) is 9.59 Å². The Hall–Kier alpha value is -3.08. The van der Waals surface area contributed by atoms with Gasteiger partial charge in [0.05, 0.1) is 5.56 Å².